The van der Waals surface area contributed by atoms with Crippen LogP contribution in [0.3, 0.4) is 0 Å². The summed E-state index contributed by atoms with van der Waals surface area (Å²) in [7, 11) is 0. The zero-order valence-electron chi connectivity index (χ0n) is 14.4. The molecule has 0 unspecified atom stereocenters. The van der Waals surface area contributed by atoms with Gasteiger partial charge in [0.05, 0.1) is 5.92 Å². The molecular weight excluding hydrogens is 330 g/mol. The number of esters is 1. The van der Waals surface area contributed by atoms with Crippen LogP contribution in [0.25, 0.3) is 0 Å². The normalized spacial score (nSPS) is 15.9. The van der Waals surface area contributed by atoms with Crippen molar-refractivity contribution in [1.82, 2.24) is 0 Å². The van der Waals surface area contributed by atoms with Crippen molar-refractivity contribution in [3.8, 4) is 11.5 Å². The van der Waals surface area contributed by atoms with E-state index in [-0.39, 0.29) is 24.4 Å². The molecule has 0 radical (unpaired) electrons. The number of para-hydroxylation sites is 1. The summed E-state index contributed by atoms with van der Waals surface area (Å²) in [5.74, 6) is 0.611. The van der Waals surface area contributed by atoms with E-state index in [1.807, 2.05) is 36.4 Å². The van der Waals surface area contributed by atoms with Crippen molar-refractivity contribution in [2.45, 2.75) is 19.3 Å². The molecule has 1 aliphatic carbocycles. The van der Waals surface area contributed by atoms with Gasteiger partial charge in [0.1, 0.15) is 11.5 Å². The molecule has 1 amide bonds. The molecule has 2 aromatic rings. The third-order valence-electron chi connectivity index (χ3n) is 4.06. The van der Waals surface area contributed by atoms with Gasteiger partial charge in [0.25, 0.3) is 5.91 Å². The first kappa shape index (κ1) is 17.7. The van der Waals surface area contributed by atoms with Crippen LogP contribution < -0.4 is 10.1 Å². The minimum absolute atomic E-state index is 0.137. The van der Waals surface area contributed by atoms with E-state index in [0.717, 1.165) is 18.6 Å². The Labute approximate surface area is 152 Å². The predicted molar refractivity (Wildman–Crippen MR) is 99.0 cm³/mol. The summed E-state index contributed by atoms with van der Waals surface area (Å²) in [6.07, 6.45) is 6.38. The molecule has 26 heavy (non-hydrogen) atoms. The lowest BCUT2D eigenvalue weighted by Gasteiger charge is -2.16. The smallest absolute Gasteiger partial charge is 0.309 e. The highest BCUT2D eigenvalue weighted by Crippen LogP contribution is 2.23. The molecule has 2 aromatic carbocycles. The number of benzene rings is 2. The third kappa shape index (κ3) is 5.21. The maximum atomic E-state index is 11.9. The fourth-order valence-electron chi connectivity index (χ4n) is 2.69. The maximum Gasteiger partial charge on any atom is 0.309 e. The van der Waals surface area contributed by atoms with Crippen LogP contribution in [0.15, 0.2) is 66.7 Å². The lowest BCUT2D eigenvalue weighted by Crippen LogP contribution is -2.25. The number of nitrogens with one attached hydrogen (secondary N) is 1. The monoisotopic (exact) mass is 351 g/mol. The van der Waals surface area contributed by atoms with Crippen LogP contribution in [0.4, 0.5) is 5.69 Å². The van der Waals surface area contributed by atoms with Crippen LogP contribution in [0.5, 0.6) is 11.5 Å². The average molecular weight is 351 g/mol. The standard InChI is InChI=1S/C21H21NO4/c23-20(15-25-21(24)16-7-3-1-4-8-16)22-17-11-13-19(14-12-17)26-18-9-5-2-6-10-18/h1-3,5-6,9-14,16H,4,7-8,15H2,(H,22,23)/t16-/m1/s1. The number of anilines is 1. The second kappa shape index (κ2) is 8.85. The SMILES string of the molecule is O=C(COC(=O)[C@@H]1CC=CCC1)Nc1ccc(Oc2ccccc2)cc1. The topological polar surface area (TPSA) is 64.6 Å². The van der Waals surface area contributed by atoms with Crippen molar-refractivity contribution in [3.63, 3.8) is 0 Å². The van der Waals surface area contributed by atoms with Crippen LogP contribution in [0.2, 0.25) is 0 Å². The highest BCUT2D eigenvalue weighted by molar-refractivity contribution is 5.93. The fraction of sp³-hybridized carbons (Fsp3) is 0.238. The Hall–Kier alpha value is -3.08. The Bertz CT molecular complexity index is 768. The van der Waals surface area contributed by atoms with Gasteiger partial charge in [-0.1, -0.05) is 30.4 Å². The highest BCUT2D eigenvalue weighted by atomic mass is 16.5. The quantitative estimate of drug-likeness (QED) is 0.622. The summed E-state index contributed by atoms with van der Waals surface area (Å²) in [5, 5.41) is 2.71. The molecule has 5 nitrogen and oxygen atoms in total. The van der Waals surface area contributed by atoms with Crippen molar-refractivity contribution >= 4 is 17.6 Å². The van der Waals surface area contributed by atoms with Crippen LogP contribution >= 0.6 is 0 Å². The Balaban J connectivity index is 1.45. The molecule has 3 rings (SSSR count). The molecule has 5 heteroatoms. The Morgan fingerprint density at radius 3 is 2.38 bits per heavy atom. The van der Waals surface area contributed by atoms with Gasteiger partial charge in [0.15, 0.2) is 6.61 Å². The lowest BCUT2D eigenvalue weighted by atomic mass is 9.95. The van der Waals surface area contributed by atoms with E-state index >= 15 is 0 Å². The number of carbonyl (C=O) groups excluding carboxylic acids is 2. The lowest BCUT2D eigenvalue weighted by molar-refractivity contribution is -0.151. The number of amides is 1. The maximum absolute atomic E-state index is 11.9. The Morgan fingerprint density at radius 1 is 0.962 bits per heavy atom. The summed E-state index contributed by atoms with van der Waals surface area (Å²) in [6, 6.07) is 16.5. The van der Waals surface area contributed by atoms with Crippen LogP contribution in [0, 0.1) is 5.92 Å². The van der Waals surface area contributed by atoms with Gasteiger partial charge in [-0.2, -0.15) is 0 Å². The zero-order chi connectivity index (χ0) is 18.2. The minimum Gasteiger partial charge on any atom is -0.457 e. The summed E-state index contributed by atoms with van der Waals surface area (Å²) in [4.78, 5) is 23.9. The highest BCUT2D eigenvalue weighted by Gasteiger charge is 2.20. The molecule has 0 saturated heterocycles. The van der Waals surface area contributed by atoms with Crippen molar-refractivity contribution in [2.75, 3.05) is 11.9 Å². The first-order valence-corrected chi connectivity index (χ1v) is 8.65. The van der Waals surface area contributed by atoms with Gasteiger partial charge < -0.3 is 14.8 Å². The first-order chi connectivity index (χ1) is 12.7. The number of rotatable bonds is 6. The Morgan fingerprint density at radius 2 is 1.69 bits per heavy atom. The van der Waals surface area contributed by atoms with Gasteiger partial charge in [-0.3, -0.25) is 9.59 Å². The molecule has 0 aromatic heterocycles. The van der Waals surface area contributed by atoms with Gasteiger partial charge in [0.2, 0.25) is 0 Å². The molecule has 0 spiro atoms. The molecule has 0 saturated carbocycles. The molecule has 1 atom stereocenters. The molecule has 0 heterocycles. The van der Waals surface area contributed by atoms with Crippen molar-refractivity contribution < 1.29 is 19.1 Å². The van der Waals surface area contributed by atoms with Crippen LogP contribution in [-0.2, 0) is 14.3 Å². The van der Waals surface area contributed by atoms with E-state index in [1.54, 1.807) is 24.3 Å². The molecular formula is C21H21NO4. The van der Waals surface area contributed by atoms with Gasteiger partial charge in [-0.05, 0) is 55.7 Å². The van der Waals surface area contributed by atoms with Crippen molar-refractivity contribution in [3.05, 3.63) is 66.7 Å². The molecule has 0 aliphatic heterocycles. The molecule has 0 fully saturated rings. The summed E-state index contributed by atoms with van der Waals surface area (Å²) in [5.41, 5.74) is 0.618. The zero-order valence-corrected chi connectivity index (χ0v) is 14.4. The minimum atomic E-state index is -0.360. The summed E-state index contributed by atoms with van der Waals surface area (Å²) >= 11 is 0. The van der Waals surface area contributed by atoms with Crippen molar-refractivity contribution in [1.29, 1.82) is 0 Å². The molecule has 1 N–H and O–H groups in total. The van der Waals surface area contributed by atoms with Crippen molar-refractivity contribution in [2.24, 2.45) is 5.92 Å². The molecule has 134 valence electrons. The number of allylic oxidation sites excluding steroid dienone is 2. The van der Waals surface area contributed by atoms with E-state index in [9.17, 15) is 9.59 Å². The number of ether oxygens (including phenoxy) is 2. The average Bonchev–Trinajstić information content (AvgIpc) is 2.69. The van der Waals surface area contributed by atoms with Crippen LogP contribution in [-0.4, -0.2) is 18.5 Å². The number of hydrogen-bond donors (Lipinski definition) is 1. The number of hydrogen-bond acceptors (Lipinski definition) is 4. The Kier molecular flexibility index (Phi) is 6.04. The van der Waals surface area contributed by atoms with E-state index in [2.05, 4.69) is 11.4 Å². The van der Waals surface area contributed by atoms with E-state index in [0.29, 0.717) is 17.9 Å². The molecule has 0 bridgehead atoms. The first-order valence-electron chi connectivity index (χ1n) is 8.65. The fourth-order valence-corrected chi connectivity index (χ4v) is 2.69. The van der Waals surface area contributed by atoms with E-state index in [1.165, 1.54) is 0 Å². The van der Waals surface area contributed by atoms with Gasteiger partial charge in [-0.25, -0.2) is 0 Å². The van der Waals surface area contributed by atoms with Gasteiger partial charge in [-0.15, -0.1) is 0 Å². The third-order valence-corrected chi connectivity index (χ3v) is 4.06. The predicted octanol–water partition coefficient (Wildman–Crippen LogP) is 4.32. The van der Waals surface area contributed by atoms with Crippen LogP contribution in [0.1, 0.15) is 19.3 Å². The van der Waals surface area contributed by atoms with Gasteiger partial charge in [0, 0.05) is 5.69 Å². The largest absolute Gasteiger partial charge is 0.457 e. The number of carbonyl (C=O) groups is 2. The van der Waals surface area contributed by atoms with E-state index < -0.39 is 0 Å². The summed E-state index contributed by atoms with van der Waals surface area (Å²) < 4.78 is 10.8. The van der Waals surface area contributed by atoms with E-state index in [4.69, 9.17) is 9.47 Å². The van der Waals surface area contributed by atoms with Gasteiger partial charge >= 0.3 is 5.97 Å². The summed E-state index contributed by atoms with van der Waals surface area (Å²) in [6.45, 7) is -0.276. The second-order valence-electron chi connectivity index (χ2n) is 6.08. The molecule has 1 aliphatic rings. The second-order valence-corrected chi connectivity index (χ2v) is 6.08.